The Labute approximate surface area is 153 Å². The van der Waals surface area contributed by atoms with E-state index < -0.39 is 0 Å². The molecule has 7 nitrogen and oxygen atoms in total. The van der Waals surface area contributed by atoms with Gasteiger partial charge in [0.15, 0.2) is 0 Å². The van der Waals surface area contributed by atoms with E-state index in [-0.39, 0.29) is 24.2 Å². The summed E-state index contributed by atoms with van der Waals surface area (Å²) in [6.07, 6.45) is 5.64. The fraction of sp³-hybridized carbons (Fsp3) is 0.474. The molecule has 2 aromatic heterocycles. The van der Waals surface area contributed by atoms with Crippen LogP contribution in [0.5, 0.6) is 0 Å². The van der Waals surface area contributed by atoms with Crippen LogP contribution >= 0.6 is 0 Å². The number of carbonyl (C=O) groups is 1. The molecule has 3 rings (SSSR count). The summed E-state index contributed by atoms with van der Waals surface area (Å²) in [5, 5.41) is 3.07. The third-order valence-electron chi connectivity index (χ3n) is 4.65. The fourth-order valence-corrected chi connectivity index (χ4v) is 3.45. The number of nitrogens with one attached hydrogen (secondary N) is 1. The van der Waals surface area contributed by atoms with Gasteiger partial charge in [0, 0.05) is 42.9 Å². The van der Waals surface area contributed by atoms with Crippen molar-refractivity contribution < 1.29 is 4.79 Å². The second-order valence-corrected chi connectivity index (χ2v) is 6.91. The van der Waals surface area contributed by atoms with Gasteiger partial charge in [-0.25, -0.2) is 4.79 Å². The van der Waals surface area contributed by atoms with E-state index in [4.69, 9.17) is 0 Å². The zero-order valence-electron chi connectivity index (χ0n) is 15.3. The van der Waals surface area contributed by atoms with E-state index in [9.17, 15) is 9.59 Å². The first-order chi connectivity index (χ1) is 12.5. The Morgan fingerprint density at radius 3 is 2.96 bits per heavy atom. The number of nitrogens with zero attached hydrogens (tertiary/aromatic N) is 4. The van der Waals surface area contributed by atoms with Crippen molar-refractivity contribution in [1.29, 1.82) is 0 Å². The van der Waals surface area contributed by atoms with Gasteiger partial charge in [0.05, 0.1) is 0 Å². The molecular weight excluding hydrogens is 330 g/mol. The van der Waals surface area contributed by atoms with Crippen molar-refractivity contribution >= 4 is 5.91 Å². The maximum atomic E-state index is 12.4. The van der Waals surface area contributed by atoms with Gasteiger partial charge >= 0.3 is 5.69 Å². The first kappa shape index (κ1) is 18.3. The van der Waals surface area contributed by atoms with E-state index in [1.54, 1.807) is 13.1 Å². The van der Waals surface area contributed by atoms with Crippen LogP contribution in [0.3, 0.4) is 0 Å². The first-order valence-electron chi connectivity index (χ1n) is 8.97. The Balaban J connectivity index is 1.57. The topological polar surface area (TPSA) is 80.1 Å². The number of aromatic nitrogens is 3. The molecule has 0 bridgehead atoms. The molecular formula is C19H25N5O2. The molecule has 0 saturated carbocycles. The molecule has 138 valence electrons. The number of hydrogen-bond acceptors (Lipinski definition) is 5. The number of amides is 1. The van der Waals surface area contributed by atoms with E-state index in [0.29, 0.717) is 5.69 Å². The molecule has 3 heterocycles. The van der Waals surface area contributed by atoms with Crippen LogP contribution in [-0.2, 0) is 17.9 Å². The number of likely N-dealkylation sites (tertiary alicyclic amines) is 1. The quantitative estimate of drug-likeness (QED) is 0.867. The second kappa shape index (κ2) is 8.23. The van der Waals surface area contributed by atoms with Gasteiger partial charge in [-0.3, -0.25) is 19.2 Å². The summed E-state index contributed by atoms with van der Waals surface area (Å²) in [6, 6.07) is 5.91. The van der Waals surface area contributed by atoms with Crippen molar-refractivity contribution in [2.24, 2.45) is 0 Å². The van der Waals surface area contributed by atoms with Gasteiger partial charge in [-0.05, 0) is 50.9 Å². The lowest BCUT2D eigenvalue weighted by atomic mass is 10.0. The highest BCUT2D eigenvalue weighted by Crippen LogP contribution is 2.13. The average molecular weight is 355 g/mol. The third kappa shape index (κ3) is 4.76. The second-order valence-electron chi connectivity index (χ2n) is 6.91. The van der Waals surface area contributed by atoms with E-state index in [2.05, 4.69) is 26.3 Å². The molecule has 0 aliphatic carbocycles. The van der Waals surface area contributed by atoms with Gasteiger partial charge in [0.1, 0.15) is 6.54 Å². The molecule has 1 N–H and O–H groups in total. The van der Waals surface area contributed by atoms with Crippen LogP contribution in [0.15, 0.2) is 35.4 Å². The molecule has 1 atom stereocenters. The molecule has 1 saturated heterocycles. The summed E-state index contributed by atoms with van der Waals surface area (Å²) in [5.74, 6) is -0.144. The Kier molecular flexibility index (Phi) is 5.78. The molecule has 1 fully saturated rings. The monoisotopic (exact) mass is 355 g/mol. The number of piperidine rings is 1. The molecule has 0 radical (unpaired) electrons. The van der Waals surface area contributed by atoms with Crippen molar-refractivity contribution in [1.82, 2.24) is 24.8 Å². The lowest BCUT2D eigenvalue weighted by molar-refractivity contribution is -0.122. The normalized spacial score (nSPS) is 17.8. The third-order valence-corrected chi connectivity index (χ3v) is 4.65. The van der Waals surface area contributed by atoms with Crippen LogP contribution in [0.2, 0.25) is 0 Å². The van der Waals surface area contributed by atoms with Gasteiger partial charge in [0.2, 0.25) is 5.91 Å². The molecule has 1 unspecified atom stereocenters. The number of pyridine rings is 1. The largest absolute Gasteiger partial charge is 0.351 e. The summed E-state index contributed by atoms with van der Waals surface area (Å²) in [4.78, 5) is 34.8. The first-order valence-corrected chi connectivity index (χ1v) is 8.97. The van der Waals surface area contributed by atoms with Gasteiger partial charge in [-0.2, -0.15) is 4.98 Å². The minimum absolute atomic E-state index is 0.0110. The van der Waals surface area contributed by atoms with Crippen LogP contribution < -0.4 is 11.0 Å². The van der Waals surface area contributed by atoms with Crippen LogP contribution in [0.1, 0.15) is 29.8 Å². The van der Waals surface area contributed by atoms with Gasteiger partial charge in [-0.15, -0.1) is 0 Å². The summed E-state index contributed by atoms with van der Waals surface area (Å²) in [5.41, 5.74) is 2.22. The summed E-state index contributed by atoms with van der Waals surface area (Å²) >= 11 is 0. The fourth-order valence-electron chi connectivity index (χ4n) is 3.45. The number of rotatable bonds is 5. The predicted molar refractivity (Wildman–Crippen MR) is 98.6 cm³/mol. The molecule has 2 aromatic rings. The molecule has 0 aromatic carbocycles. The summed E-state index contributed by atoms with van der Waals surface area (Å²) in [7, 11) is 0. The van der Waals surface area contributed by atoms with Crippen molar-refractivity contribution in [2.75, 3.05) is 13.1 Å². The molecule has 7 heteroatoms. The Hall–Kier alpha value is -2.54. The molecule has 1 aliphatic rings. The van der Waals surface area contributed by atoms with E-state index >= 15 is 0 Å². The Morgan fingerprint density at radius 2 is 2.23 bits per heavy atom. The highest BCUT2D eigenvalue weighted by atomic mass is 16.2. The number of hydrogen-bond donors (Lipinski definition) is 1. The van der Waals surface area contributed by atoms with Crippen LogP contribution in [0.25, 0.3) is 0 Å². The van der Waals surface area contributed by atoms with E-state index in [1.807, 2.05) is 25.3 Å². The highest BCUT2D eigenvalue weighted by Gasteiger charge is 2.22. The van der Waals surface area contributed by atoms with Crippen LogP contribution in [-0.4, -0.2) is 44.5 Å². The van der Waals surface area contributed by atoms with Crippen LogP contribution in [0.4, 0.5) is 0 Å². The van der Waals surface area contributed by atoms with Crippen molar-refractivity contribution in [3.05, 3.63) is 58.0 Å². The van der Waals surface area contributed by atoms with Gasteiger partial charge in [-0.1, -0.05) is 6.07 Å². The molecule has 0 spiro atoms. The Morgan fingerprint density at radius 1 is 1.38 bits per heavy atom. The maximum absolute atomic E-state index is 12.4. The minimum Gasteiger partial charge on any atom is -0.351 e. The summed E-state index contributed by atoms with van der Waals surface area (Å²) in [6.45, 7) is 6.26. The van der Waals surface area contributed by atoms with E-state index in [1.165, 1.54) is 10.1 Å². The minimum atomic E-state index is -0.375. The SMILES string of the molecule is Cc1cc(C)n(CC(=O)NC2CCCN(Cc3cccnc3)C2)c(=O)n1. The molecule has 1 amide bonds. The van der Waals surface area contributed by atoms with Crippen LogP contribution in [0, 0.1) is 13.8 Å². The maximum Gasteiger partial charge on any atom is 0.348 e. The lowest BCUT2D eigenvalue weighted by Crippen LogP contribution is -2.48. The zero-order valence-corrected chi connectivity index (χ0v) is 15.3. The zero-order chi connectivity index (χ0) is 18.5. The summed E-state index contributed by atoms with van der Waals surface area (Å²) < 4.78 is 1.42. The van der Waals surface area contributed by atoms with Crippen molar-refractivity contribution in [3.8, 4) is 0 Å². The van der Waals surface area contributed by atoms with Crippen molar-refractivity contribution in [2.45, 2.75) is 45.8 Å². The van der Waals surface area contributed by atoms with Gasteiger partial charge in [0.25, 0.3) is 0 Å². The van der Waals surface area contributed by atoms with E-state index in [0.717, 1.165) is 38.2 Å². The standard InChI is InChI=1S/C19H25N5O2/c1-14-9-15(2)24(19(26)21-14)13-18(25)22-17-6-4-8-23(12-17)11-16-5-3-7-20-10-16/h3,5,7,9-10,17H,4,6,8,11-13H2,1-2H3,(H,22,25). The van der Waals surface area contributed by atoms with Gasteiger partial charge < -0.3 is 5.32 Å². The molecule has 26 heavy (non-hydrogen) atoms. The Bertz CT molecular complexity index is 818. The molecule has 1 aliphatic heterocycles. The smallest absolute Gasteiger partial charge is 0.348 e. The highest BCUT2D eigenvalue weighted by molar-refractivity contribution is 5.76. The number of carbonyl (C=O) groups excluding carboxylic acids is 1. The predicted octanol–water partition coefficient (Wildman–Crippen LogP) is 1.04. The van der Waals surface area contributed by atoms with Crippen molar-refractivity contribution in [3.63, 3.8) is 0 Å². The number of aryl methyl sites for hydroxylation is 2. The lowest BCUT2D eigenvalue weighted by Gasteiger charge is -2.33. The average Bonchev–Trinajstić information content (AvgIpc) is 2.59.